The third kappa shape index (κ3) is 4.04. The van der Waals surface area contributed by atoms with Crippen molar-refractivity contribution in [3.8, 4) is 5.75 Å². The Bertz CT molecular complexity index is 989. The van der Waals surface area contributed by atoms with Crippen LogP contribution in [-0.4, -0.2) is 48.5 Å². The molecule has 162 valence electrons. The summed E-state index contributed by atoms with van der Waals surface area (Å²) in [6, 6.07) is 16.3. The van der Waals surface area contributed by atoms with Crippen molar-refractivity contribution in [2.45, 2.75) is 43.8 Å². The number of hydrogen-bond acceptors (Lipinski definition) is 4. The van der Waals surface area contributed by atoms with E-state index >= 15 is 0 Å². The van der Waals surface area contributed by atoms with Crippen LogP contribution < -0.4 is 15.4 Å². The van der Waals surface area contributed by atoms with E-state index in [1.54, 1.807) is 13.2 Å². The molecule has 0 bridgehead atoms. The van der Waals surface area contributed by atoms with Gasteiger partial charge in [-0.2, -0.15) is 0 Å². The number of carbonyl (C=O) groups is 2. The summed E-state index contributed by atoms with van der Waals surface area (Å²) >= 11 is 0. The zero-order valence-corrected chi connectivity index (χ0v) is 17.9. The largest absolute Gasteiger partial charge is 0.497 e. The Morgan fingerprint density at radius 1 is 1.23 bits per heavy atom. The molecule has 2 aromatic rings. The van der Waals surface area contributed by atoms with Crippen molar-refractivity contribution in [2.75, 3.05) is 20.2 Å². The molecule has 2 N–H and O–H groups in total. The lowest BCUT2D eigenvalue weighted by atomic mass is 9.82. The van der Waals surface area contributed by atoms with Crippen LogP contribution in [0.1, 0.15) is 40.7 Å². The molecule has 1 aliphatic carbocycles. The number of hydrogen-bond donors (Lipinski definition) is 2. The summed E-state index contributed by atoms with van der Waals surface area (Å²) in [5, 5.41) is 6.49. The SMILES string of the molecule is COc1ccc2c(c1)C(=O)N[C@]1(CC2)CN(Cc2ccccc2)C[C@H]1C(=O)NC1CC1. The van der Waals surface area contributed by atoms with Crippen molar-refractivity contribution in [3.63, 3.8) is 0 Å². The molecular formula is C25H29N3O3. The average molecular weight is 420 g/mol. The highest BCUT2D eigenvalue weighted by molar-refractivity contribution is 5.98. The molecule has 1 saturated heterocycles. The van der Waals surface area contributed by atoms with E-state index in [4.69, 9.17) is 4.74 Å². The van der Waals surface area contributed by atoms with Gasteiger partial charge >= 0.3 is 0 Å². The zero-order chi connectivity index (χ0) is 21.4. The third-order valence-electron chi connectivity index (χ3n) is 6.87. The van der Waals surface area contributed by atoms with Gasteiger partial charge in [-0.25, -0.2) is 0 Å². The van der Waals surface area contributed by atoms with Crippen LogP contribution in [-0.2, 0) is 17.8 Å². The number of methoxy groups -OCH3 is 1. The first-order valence-corrected chi connectivity index (χ1v) is 11.1. The molecule has 5 rings (SSSR count). The van der Waals surface area contributed by atoms with Crippen molar-refractivity contribution in [2.24, 2.45) is 5.92 Å². The Kier molecular flexibility index (Phi) is 5.18. The average Bonchev–Trinajstić information content (AvgIpc) is 3.54. The quantitative estimate of drug-likeness (QED) is 0.781. The minimum atomic E-state index is -0.572. The van der Waals surface area contributed by atoms with E-state index in [1.807, 2.05) is 30.3 Å². The summed E-state index contributed by atoms with van der Waals surface area (Å²) in [5.74, 6) is 0.362. The predicted octanol–water partition coefficient (Wildman–Crippen LogP) is 2.52. The van der Waals surface area contributed by atoms with Crippen LogP contribution in [0.3, 0.4) is 0 Å². The topological polar surface area (TPSA) is 70.7 Å². The lowest BCUT2D eigenvalue weighted by Crippen LogP contribution is -2.57. The number of nitrogens with one attached hydrogen (secondary N) is 2. The normalized spacial score (nSPS) is 25.6. The highest BCUT2D eigenvalue weighted by atomic mass is 16.5. The van der Waals surface area contributed by atoms with Gasteiger partial charge in [0.2, 0.25) is 5.91 Å². The molecule has 31 heavy (non-hydrogen) atoms. The monoisotopic (exact) mass is 419 g/mol. The van der Waals surface area contributed by atoms with Crippen molar-refractivity contribution < 1.29 is 14.3 Å². The Morgan fingerprint density at radius 2 is 2.03 bits per heavy atom. The van der Waals surface area contributed by atoms with E-state index in [0.29, 0.717) is 30.4 Å². The first-order valence-electron chi connectivity index (χ1n) is 11.1. The fourth-order valence-electron chi connectivity index (χ4n) is 5.04. The van der Waals surface area contributed by atoms with Gasteiger partial charge < -0.3 is 15.4 Å². The Balaban J connectivity index is 1.43. The first kappa shape index (κ1) is 20.1. The summed E-state index contributed by atoms with van der Waals surface area (Å²) < 4.78 is 5.33. The Hall–Kier alpha value is -2.86. The highest BCUT2D eigenvalue weighted by Gasteiger charge is 2.52. The molecule has 0 aromatic heterocycles. The van der Waals surface area contributed by atoms with Crippen LogP contribution in [0, 0.1) is 5.92 Å². The minimum Gasteiger partial charge on any atom is -0.497 e. The van der Waals surface area contributed by atoms with Gasteiger partial charge in [-0.05, 0) is 48.9 Å². The number of nitrogens with zero attached hydrogens (tertiary/aromatic N) is 1. The Labute approximate surface area is 183 Å². The van der Waals surface area contributed by atoms with Crippen molar-refractivity contribution in [1.29, 1.82) is 0 Å². The maximum absolute atomic E-state index is 13.3. The summed E-state index contributed by atoms with van der Waals surface area (Å²) in [5.41, 5.74) is 2.31. The number of ether oxygens (including phenoxy) is 1. The van der Waals surface area contributed by atoms with Crippen LogP contribution in [0.5, 0.6) is 5.75 Å². The predicted molar refractivity (Wildman–Crippen MR) is 118 cm³/mol. The highest BCUT2D eigenvalue weighted by Crippen LogP contribution is 2.37. The molecule has 3 aliphatic rings. The number of fused-ring (bicyclic) bond motifs is 1. The maximum Gasteiger partial charge on any atom is 0.252 e. The van der Waals surface area contributed by atoms with Gasteiger partial charge in [-0.1, -0.05) is 36.4 Å². The van der Waals surface area contributed by atoms with Gasteiger partial charge in [0.15, 0.2) is 0 Å². The number of carbonyl (C=O) groups excluding carboxylic acids is 2. The molecule has 1 saturated carbocycles. The molecule has 2 fully saturated rings. The lowest BCUT2D eigenvalue weighted by molar-refractivity contribution is -0.126. The van der Waals surface area contributed by atoms with Gasteiger partial charge in [-0.15, -0.1) is 0 Å². The van der Waals surface area contributed by atoms with Gasteiger partial charge in [0.05, 0.1) is 18.6 Å². The fourth-order valence-corrected chi connectivity index (χ4v) is 5.04. The summed E-state index contributed by atoms with van der Waals surface area (Å²) in [4.78, 5) is 28.8. The van der Waals surface area contributed by atoms with Gasteiger partial charge in [0.1, 0.15) is 5.75 Å². The number of rotatable bonds is 5. The second-order valence-corrected chi connectivity index (χ2v) is 9.12. The molecule has 2 aliphatic heterocycles. The molecular weight excluding hydrogens is 390 g/mol. The van der Waals surface area contributed by atoms with Crippen LogP contribution in [0.25, 0.3) is 0 Å². The summed E-state index contributed by atoms with van der Waals surface area (Å²) in [7, 11) is 1.61. The van der Waals surface area contributed by atoms with Gasteiger partial charge in [0, 0.05) is 31.2 Å². The first-order chi connectivity index (χ1) is 15.1. The van der Waals surface area contributed by atoms with Crippen LogP contribution in [0.4, 0.5) is 0 Å². The van der Waals surface area contributed by atoms with E-state index in [-0.39, 0.29) is 17.7 Å². The molecule has 2 amide bonds. The molecule has 2 heterocycles. The van der Waals surface area contributed by atoms with Crippen LogP contribution >= 0.6 is 0 Å². The minimum absolute atomic E-state index is 0.0712. The smallest absolute Gasteiger partial charge is 0.252 e. The number of aryl methyl sites for hydroxylation is 1. The standard InChI is InChI=1S/C25H29N3O3/c1-31-20-10-7-18-11-12-25(27-23(29)21(18)13-20)16-28(14-17-5-3-2-4-6-17)15-22(25)24(30)26-19-8-9-19/h2-7,10,13,19,22H,8-9,11-12,14-16H2,1H3,(H,26,30)(H,27,29)/t22-,25+/m0/s1. The van der Waals surface area contributed by atoms with Crippen molar-refractivity contribution in [1.82, 2.24) is 15.5 Å². The van der Waals surface area contributed by atoms with E-state index in [1.165, 1.54) is 5.56 Å². The number of likely N-dealkylation sites (tertiary alicyclic amines) is 1. The lowest BCUT2D eigenvalue weighted by Gasteiger charge is -2.34. The molecule has 6 nitrogen and oxygen atoms in total. The van der Waals surface area contributed by atoms with Crippen molar-refractivity contribution in [3.05, 3.63) is 65.2 Å². The molecule has 0 unspecified atom stereocenters. The van der Waals surface area contributed by atoms with E-state index in [2.05, 4.69) is 27.7 Å². The van der Waals surface area contributed by atoms with E-state index < -0.39 is 5.54 Å². The van der Waals surface area contributed by atoms with E-state index in [9.17, 15) is 9.59 Å². The third-order valence-corrected chi connectivity index (χ3v) is 6.87. The van der Waals surface area contributed by atoms with Crippen LogP contribution in [0.15, 0.2) is 48.5 Å². The zero-order valence-electron chi connectivity index (χ0n) is 17.9. The van der Waals surface area contributed by atoms with Crippen molar-refractivity contribution >= 4 is 11.8 Å². The van der Waals surface area contributed by atoms with Gasteiger partial charge in [-0.3, -0.25) is 14.5 Å². The molecule has 1 spiro atoms. The summed E-state index contributed by atoms with van der Waals surface area (Å²) in [6.45, 7) is 2.08. The second-order valence-electron chi connectivity index (χ2n) is 9.12. The van der Waals surface area contributed by atoms with E-state index in [0.717, 1.165) is 37.8 Å². The van der Waals surface area contributed by atoms with Gasteiger partial charge in [0.25, 0.3) is 5.91 Å². The number of amides is 2. The summed E-state index contributed by atoms with van der Waals surface area (Å²) in [6.07, 6.45) is 3.60. The molecule has 6 heteroatoms. The van der Waals surface area contributed by atoms with Crippen LogP contribution in [0.2, 0.25) is 0 Å². The fraction of sp³-hybridized carbons (Fsp3) is 0.440. The molecule has 2 aromatic carbocycles. The molecule has 0 radical (unpaired) electrons. The molecule has 2 atom stereocenters. The maximum atomic E-state index is 13.3. The number of benzene rings is 2. The Morgan fingerprint density at radius 3 is 2.77 bits per heavy atom. The second kappa shape index (κ2) is 8.00.